The van der Waals surface area contributed by atoms with Crippen LogP contribution in [0.2, 0.25) is 0 Å². The van der Waals surface area contributed by atoms with Gasteiger partial charge in [-0.25, -0.2) is 24.5 Å². The molecule has 0 spiro atoms. The van der Waals surface area contributed by atoms with Gasteiger partial charge in [0.1, 0.15) is 24.7 Å². The summed E-state index contributed by atoms with van der Waals surface area (Å²) in [6.07, 6.45) is -5.43. The van der Waals surface area contributed by atoms with Crippen molar-refractivity contribution in [1.82, 2.24) is 9.97 Å². The van der Waals surface area contributed by atoms with E-state index in [9.17, 15) is 35.9 Å². The van der Waals surface area contributed by atoms with Crippen LogP contribution in [0.5, 0.6) is 0 Å². The van der Waals surface area contributed by atoms with E-state index >= 15 is 0 Å². The highest BCUT2D eigenvalue weighted by molar-refractivity contribution is 5.94. The maximum atomic E-state index is 12.8. The second kappa shape index (κ2) is 14.3. The first-order valence-electron chi connectivity index (χ1n) is 9.18. The Balaban J connectivity index is 0.00000116. The van der Waals surface area contributed by atoms with Gasteiger partial charge in [0.05, 0.1) is 6.07 Å². The lowest BCUT2D eigenvalue weighted by Gasteiger charge is -2.24. The Morgan fingerprint density at radius 2 is 1.71 bits per heavy atom. The van der Waals surface area contributed by atoms with E-state index in [1.165, 1.54) is 6.20 Å². The van der Waals surface area contributed by atoms with E-state index in [4.69, 9.17) is 21.2 Å². The maximum Gasteiger partial charge on any atom is 0.408 e. The topological polar surface area (TPSA) is 166 Å². The molecule has 34 heavy (non-hydrogen) atoms. The van der Waals surface area contributed by atoms with Crippen molar-refractivity contribution in [2.45, 2.75) is 38.0 Å². The predicted molar refractivity (Wildman–Crippen MR) is 106 cm³/mol. The van der Waals surface area contributed by atoms with Crippen molar-refractivity contribution in [2.75, 3.05) is 18.0 Å². The minimum Gasteiger partial charge on any atom is -0.478 e. The van der Waals surface area contributed by atoms with Gasteiger partial charge in [-0.3, -0.25) is 4.90 Å². The molecule has 0 aliphatic rings. The predicted octanol–water partition coefficient (Wildman–Crippen LogP) is 2.67. The smallest absolute Gasteiger partial charge is 0.408 e. The Kier molecular flexibility index (Phi) is 12.7. The lowest BCUT2D eigenvalue weighted by molar-refractivity contribution is -0.134. The monoisotopic (exact) mass is 498 g/mol. The van der Waals surface area contributed by atoms with Crippen LogP contribution in [0.3, 0.4) is 0 Å². The zero-order chi connectivity index (χ0) is 26.4. The van der Waals surface area contributed by atoms with Crippen LogP contribution in [-0.2, 0) is 16.0 Å². The number of aliphatic carboxylic acids is 2. The molecule has 1 rings (SSSR count). The summed E-state index contributed by atoms with van der Waals surface area (Å²) in [5.41, 5.74) is 5.33. The van der Waals surface area contributed by atoms with Gasteiger partial charge in [0.2, 0.25) is 0 Å². The van der Waals surface area contributed by atoms with Crippen LogP contribution in [0, 0.1) is 11.3 Å². The normalized spacial score (nSPS) is 12.0. The Morgan fingerprint density at radius 3 is 2.18 bits per heavy atom. The highest BCUT2D eigenvalue weighted by Crippen LogP contribution is 2.21. The fourth-order valence-electron chi connectivity index (χ4n) is 2.00. The molecule has 188 valence electrons. The number of aromatic nitrogens is 2. The minimum atomic E-state index is -4.74. The van der Waals surface area contributed by atoms with E-state index in [-0.39, 0.29) is 11.6 Å². The standard InChI is InChI=1S/C14H16F6N6.C4H4O4/c15-13(16,17)8-24-12(22)26(9-14(18,19)20)11-5-7-23-10(25-11)4-2-1-3-6-21;5-3(6)1-2-4(7)8/h5,7H,1-4,8-9H2,(H2,22,24);1-2H,(H,5,6)(H,7,8)/b;2-1-. The van der Waals surface area contributed by atoms with Crippen molar-refractivity contribution in [3.05, 3.63) is 30.2 Å². The number of aryl methyl sites for hydroxylation is 1. The van der Waals surface area contributed by atoms with Crippen molar-refractivity contribution < 1.29 is 46.1 Å². The van der Waals surface area contributed by atoms with Gasteiger partial charge in [0.15, 0.2) is 5.96 Å². The average Bonchev–Trinajstić information content (AvgIpc) is 2.71. The molecule has 16 heteroatoms. The molecular formula is C18H20F6N6O4. The number of nitrogens with zero attached hydrogens (tertiary/aromatic N) is 5. The van der Waals surface area contributed by atoms with Gasteiger partial charge < -0.3 is 15.9 Å². The fourth-order valence-corrected chi connectivity index (χ4v) is 2.00. The number of nitrogens with two attached hydrogens (primary N) is 1. The SMILES string of the molecule is N#CCCCCc1nccc(N(CC(F)(F)F)C(N)=NCC(F)(F)F)n1.O=C(O)/C=C\C(=O)O. The van der Waals surface area contributed by atoms with Crippen LogP contribution in [0.15, 0.2) is 29.4 Å². The zero-order valence-electron chi connectivity index (χ0n) is 17.3. The number of hydrogen-bond donors (Lipinski definition) is 3. The Hall–Kier alpha value is -3.90. The number of unbranched alkanes of at least 4 members (excludes halogenated alkanes) is 2. The molecule has 1 heterocycles. The summed E-state index contributed by atoms with van der Waals surface area (Å²) in [5.74, 6) is -3.58. The molecule has 0 unspecified atom stereocenters. The van der Waals surface area contributed by atoms with Gasteiger partial charge in [0.25, 0.3) is 0 Å². The molecule has 0 fully saturated rings. The van der Waals surface area contributed by atoms with Crippen LogP contribution in [0.4, 0.5) is 32.2 Å². The number of anilines is 1. The van der Waals surface area contributed by atoms with Gasteiger partial charge in [-0.2, -0.15) is 31.6 Å². The molecule has 0 saturated carbocycles. The number of guanidine groups is 1. The molecule has 1 aromatic heterocycles. The molecule has 10 nitrogen and oxygen atoms in total. The van der Waals surface area contributed by atoms with Gasteiger partial charge >= 0.3 is 24.3 Å². The molecule has 0 aliphatic carbocycles. The highest BCUT2D eigenvalue weighted by atomic mass is 19.4. The van der Waals surface area contributed by atoms with Gasteiger partial charge in [-0.1, -0.05) is 0 Å². The molecule has 1 aromatic rings. The highest BCUT2D eigenvalue weighted by Gasteiger charge is 2.34. The molecule has 0 atom stereocenters. The van der Waals surface area contributed by atoms with Crippen LogP contribution in [-0.4, -0.2) is 63.5 Å². The number of hydrogen-bond acceptors (Lipinski definition) is 6. The van der Waals surface area contributed by atoms with E-state index in [2.05, 4.69) is 15.0 Å². The van der Waals surface area contributed by atoms with Crippen molar-refractivity contribution >= 4 is 23.7 Å². The van der Waals surface area contributed by atoms with E-state index in [0.29, 0.717) is 42.7 Å². The second-order valence-corrected chi connectivity index (χ2v) is 6.20. The number of alkyl halides is 6. The van der Waals surface area contributed by atoms with Crippen LogP contribution < -0.4 is 10.6 Å². The Labute approximate surface area is 189 Å². The van der Waals surface area contributed by atoms with Crippen molar-refractivity contribution in [2.24, 2.45) is 10.7 Å². The molecule has 0 radical (unpaired) electrons. The summed E-state index contributed by atoms with van der Waals surface area (Å²) in [6, 6.07) is 3.05. The number of rotatable bonds is 9. The molecule has 0 aromatic carbocycles. The molecule has 4 N–H and O–H groups in total. The number of carboxylic acids is 2. The fraction of sp³-hybridized carbons (Fsp3) is 0.444. The van der Waals surface area contributed by atoms with Gasteiger partial charge in [0, 0.05) is 31.2 Å². The molecule has 0 amide bonds. The molecule has 0 aliphatic heterocycles. The number of halogens is 6. The van der Waals surface area contributed by atoms with E-state index in [1.807, 2.05) is 6.07 Å². The molecular weight excluding hydrogens is 478 g/mol. The first-order chi connectivity index (χ1) is 15.6. The van der Waals surface area contributed by atoms with Crippen LogP contribution in [0.25, 0.3) is 0 Å². The largest absolute Gasteiger partial charge is 0.478 e. The lowest BCUT2D eigenvalue weighted by atomic mass is 10.2. The second-order valence-electron chi connectivity index (χ2n) is 6.20. The maximum absolute atomic E-state index is 12.8. The summed E-state index contributed by atoms with van der Waals surface area (Å²) in [5, 5.41) is 24.1. The van der Waals surface area contributed by atoms with Crippen LogP contribution >= 0.6 is 0 Å². The zero-order valence-corrected chi connectivity index (χ0v) is 17.3. The van der Waals surface area contributed by atoms with Gasteiger partial charge in [-0.15, -0.1) is 0 Å². The summed E-state index contributed by atoms with van der Waals surface area (Å²) in [7, 11) is 0. The number of aliphatic imine (C=N–C) groups is 1. The molecule has 0 saturated heterocycles. The number of carboxylic acid groups (broad SMARTS) is 2. The minimum absolute atomic E-state index is 0.191. The van der Waals surface area contributed by atoms with E-state index in [0.717, 1.165) is 6.07 Å². The number of carbonyl (C=O) groups is 2. The van der Waals surface area contributed by atoms with Crippen molar-refractivity contribution in [1.29, 1.82) is 5.26 Å². The third kappa shape index (κ3) is 15.8. The summed E-state index contributed by atoms with van der Waals surface area (Å²) in [6.45, 7) is -3.36. The molecule has 0 bridgehead atoms. The van der Waals surface area contributed by atoms with Crippen molar-refractivity contribution in [3.8, 4) is 6.07 Å². The van der Waals surface area contributed by atoms with Crippen molar-refractivity contribution in [3.63, 3.8) is 0 Å². The summed E-state index contributed by atoms with van der Waals surface area (Å²) < 4.78 is 75.0. The third-order valence-electron chi connectivity index (χ3n) is 3.31. The summed E-state index contributed by atoms with van der Waals surface area (Å²) >= 11 is 0. The first-order valence-corrected chi connectivity index (χ1v) is 9.18. The Morgan fingerprint density at radius 1 is 1.12 bits per heavy atom. The third-order valence-corrected chi connectivity index (χ3v) is 3.31. The number of nitriles is 1. The lowest BCUT2D eigenvalue weighted by Crippen LogP contribution is -2.44. The summed E-state index contributed by atoms with van der Waals surface area (Å²) in [4.78, 5) is 30.2. The van der Waals surface area contributed by atoms with Crippen LogP contribution in [0.1, 0.15) is 25.1 Å². The van der Waals surface area contributed by atoms with Gasteiger partial charge in [-0.05, 0) is 18.9 Å². The van der Waals surface area contributed by atoms with E-state index in [1.54, 1.807) is 0 Å². The quantitative estimate of drug-likeness (QED) is 0.153. The first kappa shape index (κ1) is 30.1. The van der Waals surface area contributed by atoms with E-state index < -0.39 is 43.3 Å². The average molecular weight is 498 g/mol. The Bertz CT molecular complexity index is 895.